The molecular formula is C23H22N2O2. The summed E-state index contributed by atoms with van der Waals surface area (Å²) in [5.41, 5.74) is 4.52. The second-order valence-corrected chi connectivity index (χ2v) is 6.30. The largest absolute Gasteiger partial charge is 0.322 e. The molecule has 0 fully saturated rings. The van der Waals surface area contributed by atoms with Crippen LogP contribution in [0, 0.1) is 6.92 Å². The summed E-state index contributed by atoms with van der Waals surface area (Å²) in [7, 11) is 0. The van der Waals surface area contributed by atoms with E-state index >= 15 is 0 Å². The molecule has 0 saturated heterocycles. The Morgan fingerprint density at radius 1 is 0.704 bits per heavy atom. The summed E-state index contributed by atoms with van der Waals surface area (Å²) in [6.07, 6.45) is 0.935. The lowest BCUT2D eigenvalue weighted by molar-refractivity contribution is 0.101. The summed E-state index contributed by atoms with van der Waals surface area (Å²) in [6.45, 7) is 3.95. The molecule has 27 heavy (non-hydrogen) atoms. The maximum absolute atomic E-state index is 12.5. The average Bonchev–Trinajstić information content (AvgIpc) is 2.71. The fourth-order valence-corrected chi connectivity index (χ4v) is 2.78. The highest BCUT2D eigenvalue weighted by Crippen LogP contribution is 2.24. The number of hydrogen-bond acceptors (Lipinski definition) is 2. The molecule has 0 aliphatic carbocycles. The molecule has 0 aliphatic rings. The van der Waals surface area contributed by atoms with E-state index in [1.807, 2.05) is 67.6 Å². The van der Waals surface area contributed by atoms with E-state index in [1.54, 1.807) is 12.1 Å². The minimum absolute atomic E-state index is 0.174. The van der Waals surface area contributed by atoms with Crippen LogP contribution in [0.25, 0.3) is 0 Å². The maximum atomic E-state index is 12.5. The molecule has 0 bridgehead atoms. The minimum atomic E-state index is -0.183. The van der Waals surface area contributed by atoms with Crippen molar-refractivity contribution in [1.82, 2.24) is 0 Å². The monoisotopic (exact) mass is 358 g/mol. The molecule has 136 valence electrons. The molecular weight excluding hydrogens is 336 g/mol. The lowest BCUT2D eigenvalue weighted by Gasteiger charge is -2.14. The second kappa shape index (κ2) is 8.32. The van der Waals surface area contributed by atoms with E-state index in [2.05, 4.69) is 17.6 Å². The van der Waals surface area contributed by atoms with Gasteiger partial charge in [-0.2, -0.15) is 0 Å². The van der Waals surface area contributed by atoms with Crippen molar-refractivity contribution >= 4 is 23.2 Å². The first kappa shape index (κ1) is 18.4. The SMILES string of the molecule is CCc1ccc(C(=O)Nc2cccc(NC(=O)c3ccccc3)c2C)cc1. The van der Waals surface area contributed by atoms with Crippen molar-refractivity contribution in [2.24, 2.45) is 0 Å². The van der Waals surface area contributed by atoms with Gasteiger partial charge in [-0.1, -0.05) is 43.3 Å². The highest BCUT2D eigenvalue weighted by Gasteiger charge is 2.12. The minimum Gasteiger partial charge on any atom is -0.322 e. The Hall–Kier alpha value is -3.40. The maximum Gasteiger partial charge on any atom is 0.255 e. The van der Waals surface area contributed by atoms with E-state index in [1.165, 1.54) is 5.56 Å². The van der Waals surface area contributed by atoms with Gasteiger partial charge in [0.05, 0.1) is 0 Å². The first-order valence-electron chi connectivity index (χ1n) is 8.94. The highest BCUT2D eigenvalue weighted by molar-refractivity contribution is 6.07. The summed E-state index contributed by atoms with van der Waals surface area (Å²) in [6, 6.07) is 22.0. The standard InChI is InChI=1S/C23H22N2O2/c1-3-17-12-14-19(15-13-17)23(27)25-21-11-7-10-20(16(21)2)24-22(26)18-8-5-4-6-9-18/h4-15H,3H2,1-2H3,(H,24,26)(H,25,27). The quantitative estimate of drug-likeness (QED) is 0.669. The van der Waals surface area contributed by atoms with Gasteiger partial charge < -0.3 is 10.6 Å². The lowest BCUT2D eigenvalue weighted by atomic mass is 10.1. The van der Waals surface area contributed by atoms with Gasteiger partial charge in [-0.05, 0) is 60.9 Å². The molecule has 0 aromatic heterocycles. The van der Waals surface area contributed by atoms with Crippen molar-refractivity contribution in [3.05, 3.63) is 95.1 Å². The van der Waals surface area contributed by atoms with E-state index in [0.717, 1.165) is 12.0 Å². The van der Waals surface area contributed by atoms with E-state index in [0.29, 0.717) is 22.5 Å². The van der Waals surface area contributed by atoms with Gasteiger partial charge in [0.2, 0.25) is 0 Å². The van der Waals surface area contributed by atoms with E-state index < -0.39 is 0 Å². The number of amides is 2. The first-order chi connectivity index (χ1) is 13.1. The normalized spacial score (nSPS) is 10.3. The molecule has 0 radical (unpaired) electrons. The second-order valence-electron chi connectivity index (χ2n) is 6.30. The number of rotatable bonds is 5. The average molecular weight is 358 g/mol. The summed E-state index contributed by atoms with van der Waals surface area (Å²) in [4.78, 5) is 24.9. The van der Waals surface area contributed by atoms with Gasteiger partial charge in [-0.15, -0.1) is 0 Å². The van der Waals surface area contributed by atoms with Gasteiger partial charge in [0.25, 0.3) is 11.8 Å². The van der Waals surface area contributed by atoms with Crippen LogP contribution in [-0.4, -0.2) is 11.8 Å². The van der Waals surface area contributed by atoms with Gasteiger partial charge in [0, 0.05) is 22.5 Å². The predicted molar refractivity (Wildman–Crippen MR) is 109 cm³/mol. The number of carbonyl (C=O) groups is 2. The number of benzene rings is 3. The Kier molecular flexibility index (Phi) is 5.67. The topological polar surface area (TPSA) is 58.2 Å². The van der Waals surface area contributed by atoms with E-state index in [4.69, 9.17) is 0 Å². The zero-order valence-electron chi connectivity index (χ0n) is 15.5. The number of anilines is 2. The fourth-order valence-electron chi connectivity index (χ4n) is 2.78. The smallest absolute Gasteiger partial charge is 0.255 e. The van der Waals surface area contributed by atoms with Crippen molar-refractivity contribution in [1.29, 1.82) is 0 Å². The molecule has 0 atom stereocenters. The lowest BCUT2D eigenvalue weighted by Crippen LogP contribution is -2.15. The molecule has 3 aromatic rings. The van der Waals surface area contributed by atoms with Crippen LogP contribution in [0.4, 0.5) is 11.4 Å². The third-order valence-electron chi connectivity index (χ3n) is 4.49. The van der Waals surface area contributed by atoms with Gasteiger partial charge in [-0.3, -0.25) is 9.59 Å². The Bertz CT molecular complexity index is 948. The third kappa shape index (κ3) is 4.42. The molecule has 0 unspecified atom stereocenters. The number of hydrogen-bond donors (Lipinski definition) is 2. The van der Waals surface area contributed by atoms with Crippen LogP contribution in [0.3, 0.4) is 0 Å². The molecule has 0 aliphatic heterocycles. The van der Waals surface area contributed by atoms with Crippen molar-refractivity contribution < 1.29 is 9.59 Å². The Morgan fingerprint density at radius 3 is 1.74 bits per heavy atom. The van der Waals surface area contributed by atoms with Crippen molar-refractivity contribution in [2.75, 3.05) is 10.6 Å². The van der Waals surface area contributed by atoms with Crippen LogP contribution in [0.1, 0.15) is 38.8 Å². The van der Waals surface area contributed by atoms with Gasteiger partial charge >= 0.3 is 0 Å². The molecule has 2 amide bonds. The van der Waals surface area contributed by atoms with Crippen molar-refractivity contribution in [3.63, 3.8) is 0 Å². The number of aryl methyl sites for hydroxylation is 1. The van der Waals surface area contributed by atoms with Crippen LogP contribution in [0.15, 0.2) is 72.8 Å². The molecule has 3 aromatic carbocycles. The first-order valence-corrected chi connectivity index (χ1v) is 8.94. The van der Waals surface area contributed by atoms with Gasteiger partial charge in [0.15, 0.2) is 0 Å². The Labute approximate surface area is 159 Å². The molecule has 0 spiro atoms. The summed E-state index contributed by atoms with van der Waals surface area (Å²) in [5, 5.41) is 5.83. The van der Waals surface area contributed by atoms with Crippen LogP contribution < -0.4 is 10.6 Å². The van der Waals surface area contributed by atoms with Crippen LogP contribution in [0.5, 0.6) is 0 Å². The molecule has 2 N–H and O–H groups in total. The molecule has 4 heteroatoms. The van der Waals surface area contributed by atoms with Crippen LogP contribution >= 0.6 is 0 Å². The summed E-state index contributed by atoms with van der Waals surface area (Å²) in [5.74, 6) is -0.357. The van der Waals surface area contributed by atoms with E-state index in [-0.39, 0.29) is 11.8 Å². The van der Waals surface area contributed by atoms with Crippen molar-refractivity contribution in [3.8, 4) is 0 Å². The fraction of sp³-hybridized carbons (Fsp3) is 0.130. The molecule has 0 heterocycles. The summed E-state index contributed by atoms with van der Waals surface area (Å²) >= 11 is 0. The van der Waals surface area contributed by atoms with Crippen LogP contribution in [-0.2, 0) is 6.42 Å². The van der Waals surface area contributed by atoms with Gasteiger partial charge in [-0.25, -0.2) is 0 Å². The van der Waals surface area contributed by atoms with Gasteiger partial charge in [0.1, 0.15) is 0 Å². The highest BCUT2D eigenvalue weighted by atomic mass is 16.2. The van der Waals surface area contributed by atoms with Crippen LogP contribution in [0.2, 0.25) is 0 Å². The Balaban J connectivity index is 1.76. The van der Waals surface area contributed by atoms with Crippen molar-refractivity contribution in [2.45, 2.75) is 20.3 Å². The zero-order valence-corrected chi connectivity index (χ0v) is 15.5. The predicted octanol–water partition coefficient (Wildman–Crippen LogP) is 5.06. The summed E-state index contributed by atoms with van der Waals surface area (Å²) < 4.78 is 0. The zero-order chi connectivity index (χ0) is 19.2. The third-order valence-corrected chi connectivity index (χ3v) is 4.49. The van der Waals surface area contributed by atoms with E-state index in [9.17, 15) is 9.59 Å². The molecule has 3 rings (SSSR count). The number of nitrogens with one attached hydrogen (secondary N) is 2. The Morgan fingerprint density at radius 2 is 1.22 bits per heavy atom. The molecule has 4 nitrogen and oxygen atoms in total. The number of carbonyl (C=O) groups excluding carboxylic acids is 2. The molecule has 0 saturated carbocycles.